The molecule has 2 aromatic rings. The highest BCUT2D eigenvalue weighted by atomic mass is 16.5. The molecule has 0 spiro atoms. The van der Waals surface area contributed by atoms with Gasteiger partial charge in [0, 0.05) is 24.5 Å². The molecule has 1 aromatic heterocycles. The SMILES string of the molecule is COc1ccc(/C(O)=C2\C(=O)C(=O)N(CCCN(C)C)[C@@H]2c2ccncc2)cc1C. The van der Waals surface area contributed by atoms with E-state index in [0.717, 1.165) is 17.7 Å². The Hall–Kier alpha value is -3.19. The molecule has 1 amide bonds. The number of amides is 1. The number of rotatable bonds is 7. The molecule has 7 nitrogen and oxygen atoms in total. The molecule has 1 N–H and O–H groups in total. The van der Waals surface area contributed by atoms with E-state index < -0.39 is 17.7 Å². The summed E-state index contributed by atoms with van der Waals surface area (Å²) >= 11 is 0. The minimum atomic E-state index is -0.673. The number of nitrogens with zero attached hydrogens (tertiary/aromatic N) is 3. The van der Waals surface area contributed by atoms with Crippen molar-refractivity contribution < 1.29 is 19.4 Å². The lowest BCUT2D eigenvalue weighted by Gasteiger charge is -2.25. The van der Waals surface area contributed by atoms with Gasteiger partial charge in [0.1, 0.15) is 11.5 Å². The van der Waals surface area contributed by atoms with E-state index in [0.29, 0.717) is 24.3 Å². The van der Waals surface area contributed by atoms with Crippen molar-refractivity contribution in [3.8, 4) is 5.75 Å². The second-order valence-corrected chi connectivity index (χ2v) is 7.61. The van der Waals surface area contributed by atoms with E-state index in [9.17, 15) is 14.7 Å². The summed E-state index contributed by atoms with van der Waals surface area (Å²) in [5, 5.41) is 11.1. The van der Waals surface area contributed by atoms with E-state index in [-0.39, 0.29) is 11.3 Å². The third-order valence-electron chi connectivity index (χ3n) is 5.23. The first-order valence-corrected chi connectivity index (χ1v) is 9.83. The topological polar surface area (TPSA) is 83.0 Å². The van der Waals surface area contributed by atoms with Crippen LogP contribution in [0.25, 0.3) is 5.76 Å². The quantitative estimate of drug-likeness (QED) is 0.430. The van der Waals surface area contributed by atoms with Gasteiger partial charge in [0.2, 0.25) is 0 Å². The number of carbonyl (C=O) groups excluding carboxylic acids is 2. The molecular weight excluding hydrogens is 382 g/mol. The number of aromatic nitrogens is 1. The summed E-state index contributed by atoms with van der Waals surface area (Å²) in [4.78, 5) is 33.4. The molecule has 1 saturated heterocycles. The van der Waals surface area contributed by atoms with Crippen LogP contribution in [-0.4, -0.2) is 65.9 Å². The molecule has 1 aliphatic rings. The first-order chi connectivity index (χ1) is 14.3. The van der Waals surface area contributed by atoms with Gasteiger partial charge in [-0.3, -0.25) is 14.6 Å². The van der Waals surface area contributed by atoms with Crippen LogP contribution in [0.5, 0.6) is 5.75 Å². The highest BCUT2D eigenvalue weighted by Crippen LogP contribution is 2.39. The molecule has 0 bridgehead atoms. The second-order valence-electron chi connectivity index (χ2n) is 7.61. The zero-order chi connectivity index (χ0) is 21.8. The summed E-state index contributed by atoms with van der Waals surface area (Å²) in [6.07, 6.45) is 3.95. The van der Waals surface area contributed by atoms with Crippen LogP contribution in [-0.2, 0) is 9.59 Å². The van der Waals surface area contributed by atoms with Crippen molar-refractivity contribution in [2.75, 3.05) is 34.3 Å². The van der Waals surface area contributed by atoms with Crippen LogP contribution in [0.2, 0.25) is 0 Å². The molecular formula is C23H27N3O4. The molecule has 0 aliphatic carbocycles. The lowest BCUT2D eigenvalue weighted by molar-refractivity contribution is -0.139. The summed E-state index contributed by atoms with van der Waals surface area (Å²) in [5.74, 6) is -0.771. The number of benzene rings is 1. The standard InChI is InChI=1S/C23H27N3O4/c1-15-14-17(6-7-18(15)30-4)21(27)19-20(16-8-10-24-11-9-16)26(23(29)22(19)28)13-5-12-25(2)3/h6-11,14,20,27H,5,12-13H2,1-4H3/b21-19+/t20-/m1/s1. The van der Waals surface area contributed by atoms with Crippen molar-refractivity contribution in [1.82, 2.24) is 14.8 Å². The van der Waals surface area contributed by atoms with Crippen molar-refractivity contribution in [3.63, 3.8) is 0 Å². The van der Waals surface area contributed by atoms with Crippen molar-refractivity contribution in [3.05, 3.63) is 65.0 Å². The van der Waals surface area contributed by atoms with Gasteiger partial charge >= 0.3 is 0 Å². The Kier molecular flexibility index (Phi) is 6.52. The van der Waals surface area contributed by atoms with E-state index in [1.165, 1.54) is 0 Å². The number of aryl methyl sites for hydroxylation is 1. The fraction of sp³-hybridized carbons (Fsp3) is 0.348. The molecule has 2 heterocycles. The number of carbonyl (C=O) groups is 2. The molecule has 1 fully saturated rings. The van der Waals surface area contributed by atoms with Gasteiger partial charge in [-0.2, -0.15) is 0 Å². The minimum absolute atomic E-state index is 0.0978. The van der Waals surface area contributed by atoms with Crippen LogP contribution >= 0.6 is 0 Å². The van der Waals surface area contributed by atoms with Gasteiger partial charge in [0.25, 0.3) is 11.7 Å². The molecule has 158 valence electrons. The van der Waals surface area contributed by atoms with Gasteiger partial charge < -0.3 is 19.6 Å². The Labute approximate surface area is 176 Å². The van der Waals surface area contributed by atoms with Gasteiger partial charge in [-0.25, -0.2) is 0 Å². The second kappa shape index (κ2) is 9.09. The Morgan fingerprint density at radius 1 is 1.20 bits per heavy atom. The first-order valence-electron chi connectivity index (χ1n) is 9.83. The third kappa shape index (κ3) is 4.21. The highest BCUT2D eigenvalue weighted by molar-refractivity contribution is 6.46. The molecule has 0 unspecified atom stereocenters. The zero-order valence-electron chi connectivity index (χ0n) is 17.8. The molecule has 7 heteroatoms. The summed E-state index contributed by atoms with van der Waals surface area (Å²) in [6.45, 7) is 3.05. The van der Waals surface area contributed by atoms with E-state index in [1.807, 2.05) is 25.9 Å². The number of ether oxygens (including phenoxy) is 1. The number of Topliss-reactive ketones (excluding diaryl/α,β-unsaturated/α-hetero) is 1. The highest BCUT2D eigenvalue weighted by Gasteiger charge is 2.45. The predicted molar refractivity (Wildman–Crippen MR) is 114 cm³/mol. The largest absolute Gasteiger partial charge is 0.507 e. The maximum Gasteiger partial charge on any atom is 0.295 e. The Morgan fingerprint density at radius 3 is 2.50 bits per heavy atom. The average Bonchev–Trinajstić information content (AvgIpc) is 2.98. The van der Waals surface area contributed by atoms with E-state index in [1.54, 1.807) is 54.7 Å². The fourth-order valence-electron chi connectivity index (χ4n) is 3.74. The van der Waals surface area contributed by atoms with Crippen molar-refractivity contribution in [2.24, 2.45) is 0 Å². The van der Waals surface area contributed by atoms with Crippen molar-refractivity contribution in [1.29, 1.82) is 0 Å². The zero-order valence-corrected chi connectivity index (χ0v) is 17.8. The molecule has 1 atom stereocenters. The van der Waals surface area contributed by atoms with Gasteiger partial charge in [-0.05, 0) is 75.4 Å². The van der Waals surface area contributed by atoms with Crippen LogP contribution in [0.4, 0.5) is 0 Å². The number of methoxy groups -OCH3 is 1. The Morgan fingerprint density at radius 2 is 1.90 bits per heavy atom. The first kappa shape index (κ1) is 21.5. The lowest BCUT2D eigenvalue weighted by atomic mass is 9.95. The smallest absolute Gasteiger partial charge is 0.295 e. The van der Waals surface area contributed by atoms with Gasteiger partial charge in [-0.1, -0.05) is 0 Å². The number of pyridine rings is 1. The monoisotopic (exact) mass is 409 g/mol. The van der Waals surface area contributed by atoms with Crippen LogP contribution in [0.3, 0.4) is 0 Å². The molecule has 0 saturated carbocycles. The van der Waals surface area contributed by atoms with Crippen molar-refractivity contribution in [2.45, 2.75) is 19.4 Å². The van der Waals surface area contributed by atoms with E-state index in [2.05, 4.69) is 4.98 Å². The number of hydrogen-bond acceptors (Lipinski definition) is 6. The Balaban J connectivity index is 2.08. The molecule has 1 aliphatic heterocycles. The average molecular weight is 409 g/mol. The fourth-order valence-corrected chi connectivity index (χ4v) is 3.74. The third-order valence-corrected chi connectivity index (χ3v) is 5.23. The summed E-state index contributed by atoms with van der Waals surface area (Å²) < 4.78 is 5.28. The number of hydrogen-bond donors (Lipinski definition) is 1. The summed E-state index contributed by atoms with van der Waals surface area (Å²) in [7, 11) is 5.49. The Bertz CT molecular complexity index is 970. The lowest BCUT2D eigenvalue weighted by Crippen LogP contribution is -2.32. The number of ketones is 1. The van der Waals surface area contributed by atoms with E-state index in [4.69, 9.17) is 4.74 Å². The molecule has 1 aromatic carbocycles. The molecule has 3 rings (SSSR count). The minimum Gasteiger partial charge on any atom is -0.507 e. The number of aliphatic hydroxyl groups excluding tert-OH is 1. The molecule has 0 radical (unpaired) electrons. The van der Waals surface area contributed by atoms with Crippen LogP contribution in [0.1, 0.15) is 29.2 Å². The van der Waals surface area contributed by atoms with Gasteiger partial charge in [0.05, 0.1) is 18.7 Å². The number of likely N-dealkylation sites (tertiary alicyclic amines) is 1. The van der Waals surface area contributed by atoms with E-state index >= 15 is 0 Å². The molecule has 30 heavy (non-hydrogen) atoms. The van der Waals surface area contributed by atoms with Crippen molar-refractivity contribution >= 4 is 17.4 Å². The maximum absolute atomic E-state index is 13.0. The van der Waals surface area contributed by atoms with Gasteiger partial charge in [0.15, 0.2) is 0 Å². The van der Waals surface area contributed by atoms with Crippen LogP contribution in [0.15, 0.2) is 48.3 Å². The van der Waals surface area contributed by atoms with Gasteiger partial charge in [-0.15, -0.1) is 0 Å². The van der Waals surface area contributed by atoms with Crippen LogP contribution < -0.4 is 4.74 Å². The van der Waals surface area contributed by atoms with Crippen LogP contribution in [0, 0.1) is 6.92 Å². The number of aliphatic hydroxyl groups is 1. The maximum atomic E-state index is 13.0. The summed E-state index contributed by atoms with van der Waals surface area (Å²) in [6, 6.07) is 8.04. The normalized spacial score (nSPS) is 18.3. The summed E-state index contributed by atoms with van der Waals surface area (Å²) in [5.41, 5.74) is 2.13. The predicted octanol–water partition coefficient (Wildman–Crippen LogP) is 2.77.